The Labute approximate surface area is 112 Å². The number of anilines is 2. The summed E-state index contributed by atoms with van der Waals surface area (Å²) in [4.78, 5) is 0. The third-order valence-corrected chi connectivity index (χ3v) is 3.32. The Morgan fingerprint density at radius 3 is 2.89 bits per heavy atom. The molecule has 4 heteroatoms. The lowest BCUT2D eigenvalue weighted by atomic mass is 10.1. The molecule has 0 saturated heterocycles. The van der Waals surface area contributed by atoms with Crippen LogP contribution >= 0.6 is 0 Å². The van der Waals surface area contributed by atoms with Crippen LogP contribution in [0.5, 0.6) is 11.5 Å². The van der Waals surface area contributed by atoms with Gasteiger partial charge in [0.15, 0.2) is 0 Å². The zero-order valence-electron chi connectivity index (χ0n) is 10.7. The Hall–Kier alpha value is -2.36. The molecule has 0 fully saturated rings. The van der Waals surface area contributed by atoms with E-state index in [2.05, 4.69) is 11.4 Å². The summed E-state index contributed by atoms with van der Waals surface area (Å²) in [7, 11) is 1.61. The molecule has 98 valence electrons. The number of nitrogens with one attached hydrogen (secondary N) is 1. The van der Waals surface area contributed by atoms with Crippen molar-refractivity contribution in [3.8, 4) is 11.5 Å². The van der Waals surface area contributed by atoms with Crippen LogP contribution in [0.2, 0.25) is 0 Å². The van der Waals surface area contributed by atoms with Gasteiger partial charge in [-0.25, -0.2) is 0 Å². The maximum atomic E-state index is 6.06. The fraction of sp³-hybridized carbons (Fsp3) is 0.200. The van der Waals surface area contributed by atoms with E-state index in [4.69, 9.17) is 15.2 Å². The number of para-hydroxylation sites is 2. The second kappa shape index (κ2) is 4.72. The summed E-state index contributed by atoms with van der Waals surface area (Å²) >= 11 is 0. The van der Waals surface area contributed by atoms with Gasteiger partial charge < -0.3 is 20.5 Å². The van der Waals surface area contributed by atoms with Crippen LogP contribution in [-0.4, -0.2) is 13.7 Å². The Morgan fingerprint density at radius 2 is 2.05 bits per heavy atom. The number of ether oxygens (including phenoxy) is 2. The second-order valence-corrected chi connectivity index (χ2v) is 4.47. The van der Waals surface area contributed by atoms with Gasteiger partial charge >= 0.3 is 0 Å². The highest BCUT2D eigenvalue weighted by Crippen LogP contribution is 2.37. The van der Waals surface area contributed by atoms with Crippen LogP contribution in [0.3, 0.4) is 0 Å². The van der Waals surface area contributed by atoms with Crippen LogP contribution < -0.4 is 20.5 Å². The SMILES string of the molecule is COc1cccc(NC2COc3ccccc32)c1N. The highest BCUT2D eigenvalue weighted by molar-refractivity contribution is 5.73. The molecule has 3 N–H and O–H groups in total. The normalized spacial score (nSPS) is 16.6. The van der Waals surface area contributed by atoms with Gasteiger partial charge in [0.05, 0.1) is 24.5 Å². The summed E-state index contributed by atoms with van der Waals surface area (Å²) in [6.45, 7) is 0.607. The summed E-state index contributed by atoms with van der Waals surface area (Å²) < 4.78 is 10.9. The van der Waals surface area contributed by atoms with Gasteiger partial charge in [0.25, 0.3) is 0 Å². The van der Waals surface area contributed by atoms with Crippen LogP contribution in [0.15, 0.2) is 42.5 Å². The summed E-state index contributed by atoms with van der Waals surface area (Å²) in [5.41, 5.74) is 8.71. The Bertz CT molecular complexity index is 598. The standard InChI is InChI=1S/C15H16N2O2/c1-18-14-8-4-6-11(15(14)16)17-12-9-19-13-7-3-2-5-10(12)13/h2-8,12,17H,9,16H2,1H3. The van der Waals surface area contributed by atoms with E-state index in [1.165, 1.54) is 0 Å². The number of rotatable bonds is 3. The molecule has 1 aliphatic rings. The largest absolute Gasteiger partial charge is 0.495 e. The van der Waals surface area contributed by atoms with E-state index >= 15 is 0 Å². The number of fused-ring (bicyclic) bond motifs is 1. The number of methoxy groups -OCH3 is 1. The minimum absolute atomic E-state index is 0.116. The Morgan fingerprint density at radius 1 is 1.21 bits per heavy atom. The van der Waals surface area contributed by atoms with Gasteiger partial charge in [-0.05, 0) is 18.2 Å². The van der Waals surface area contributed by atoms with Crippen molar-refractivity contribution >= 4 is 11.4 Å². The molecule has 0 spiro atoms. The first kappa shape index (κ1) is 11.7. The Balaban J connectivity index is 1.87. The number of hydrogen-bond acceptors (Lipinski definition) is 4. The summed E-state index contributed by atoms with van der Waals surface area (Å²) in [5.74, 6) is 1.61. The van der Waals surface area contributed by atoms with Crippen LogP contribution in [0, 0.1) is 0 Å². The molecule has 1 heterocycles. The molecule has 2 aromatic carbocycles. The molecule has 3 rings (SSSR count). The first-order chi connectivity index (χ1) is 9.29. The van der Waals surface area contributed by atoms with E-state index in [0.717, 1.165) is 17.0 Å². The van der Waals surface area contributed by atoms with Gasteiger partial charge in [-0.1, -0.05) is 24.3 Å². The van der Waals surface area contributed by atoms with Crippen LogP contribution in [0.1, 0.15) is 11.6 Å². The third kappa shape index (κ3) is 2.05. The van der Waals surface area contributed by atoms with Crippen LogP contribution in [-0.2, 0) is 0 Å². The second-order valence-electron chi connectivity index (χ2n) is 4.47. The van der Waals surface area contributed by atoms with Gasteiger partial charge in [0, 0.05) is 5.56 Å². The molecule has 1 atom stereocenters. The topological polar surface area (TPSA) is 56.5 Å². The average Bonchev–Trinajstić information content (AvgIpc) is 2.85. The molecule has 4 nitrogen and oxygen atoms in total. The number of benzene rings is 2. The molecule has 0 radical (unpaired) electrons. The highest BCUT2D eigenvalue weighted by Gasteiger charge is 2.24. The molecular weight excluding hydrogens is 240 g/mol. The minimum atomic E-state index is 0.116. The fourth-order valence-electron chi connectivity index (χ4n) is 2.32. The lowest BCUT2D eigenvalue weighted by Gasteiger charge is -2.16. The molecule has 0 saturated carbocycles. The lowest BCUT2D eigenvalue weighted by Crippen LogP contribution is -2.13. The van der Waals surface area contributed by atoms with E-state index in [9.17, 15) is 0 Å². The average molecular weight is 256 g/mol. The molecule has 2 aromatic rings. The first-order valence-electron chi connectivity index (χ1n) is 6.20. The zero-order chi connectivity index (χ0) is 13.2. The van der Waals surface area contributed by atoms with Crippen molar-refractivity contribution in [1.29, 1.82) is 0 Å². The highest BCUT2D eigenvalue weighted by atomic mass is 16.5. The molecule has 1 aliphatic heterocycles. The third-order valence-electron chi connectivity index (χ3n) is 3.32. The molecule has 0 amide bonds. The first-order valence-corrected chi connectivity index (χ1v) is 6.20. The van der Waals surface area contributed by atoms with E-state index in [1.807, 2.05) is 36.4 Å². The molecule has 1 unspecified atom stereocenters. The maximum absolute atomic E-state index is 6.06. The number of hydrogen-bond donors (Lipinski definition) is 2. The number of nitrogens with two attached hydrogens (primary N) is 1. The summed E-state index contributed by atoms with van der Waals surface area (Å²) in [6.07, 6.45) is 0. The van der Waals surface area contributed by atoms with E-state index in [-0.39, 0.29) is 6.04 Å². The molecule has 0 aromatic heterocycles. The molecular formula is C15H16N2O2. The van der Waals surface area contributed by atoms with Crippen molar-refractivity contribution in [3.05, 3.63) is 48.0 Å². The molecule has 19 heavy (non-hydrogen) atoms. The van der Waals surface area contributed by atoms with Crippen molar-refractivity contribution < 1.29 is 9.47 Å². The monoisotopic (exact) mass is 256 g/mol. The number of nitrogen functional groups attached to an aromatic ring is 1. The summed E-state index contributed by atoms with van der Waals surface area (Å²) in [6, 6.07) is 13.9. The van der Waals surface area contributed by atoms with Crippen molar-refractivity contribution in [2.45, 2.75) is 6.04 Å². The summed E-state index contributed by atoms with van der Waals surface area (Å²) in [5, 5.41) is 3.41. The van der Waals surface area contributed by atoms with E-state index < -0.39 is 0 Å². The zero-order valence-corrected chi connectivity index (χ0v) is 10.7. The van der Waals surface area contributed by atoms with Crippen molar-refractivity contribution in [2.24, 2.45) is 0 Å². The van der Waals surface area contributed by atoms with Crippen LogP contribution in [0.25, 0.3) is 0 Å². The minimum Gasteiger partial charge on any atom is -0.495 e. The molecule has 0 bridgehead atoms. The van der Waals surface area contributed by atoms with E-state index in [1.54, 1.807) is 7.11 Å². The van der Waals surface area contributed by atoms with Crippen molar-refractivity contribution in [3.63, 3.8) is 0 Å². The van der Waals surface area contributed by atoms with E-state index in [0.29, 0.717) is 18.0 Å². The lowest BCUT2D eigenvalue weighted by molar-refractivity contribution is 0.340. The maximum Gasteiger partial charge on any atom is 0.143 e. The molecule has 0 aliphatic carbocycles. The quantitative estimate of drug-likeness (QED) is 0.829. The Kier molecular flexibility index (Phi) is 2.91. The van der Waals surface area contributed by atoms with Gasteiger partial charge in [-0.2, -0.15) is 0 Å². The van der Waals surface area contributed by atoms with Crippen molar-refractivity contribution in [2.75, 3.05) is 24.8 Å². The van der Waals surface area contributed by atoms with Gasteiger partial charge in [-0.15, -0.1) is 0 Å². The van der Waals surface area contributed by atoms with Gasteiger partial charge in [0.2, 0.25) is 0 Å². The smallest absolute Gasteiger partial charge is 0.143 e. The van der Waals surface area contributed by atoms with Gasteiger partial charge in [-0.3, -0.25) is 0 Å². The van der Waals surface area contributed by atoms with Gasteiger partial charge in [0.1, 0.15) is 18.1 Å². The fourth-order valence-corrected chi connectivity index (χ4v) is 2.32. The predicted octanol–water partition coefficient (Wildman–Crippen LogP) is 2.82. The predicted molar refractivity (Wildman–Crippen MR) is 75.7 cm³/mol. The van der Waals surface area contributed by atoms with Crippen molar-refractivity contribution in [1.82, 2.24) is 0 Å². The van der Waals surface area contributed by atoms with Crippen LogP contribution in [0.4, 0.5) is 11.4 Å².